The maximum atomic E-state index is 13.8. The van der Waals surface area contributed by atoms with Gasteiger partial charge < -0.3 is 10.2 Å². The van der Waals surface area contributed by atoms with Crippen LogP contribution in [0, 0.1) is 12.7 Å². The number of nitrogens with zero attached hydrogens (tertiary/aromatic N) is 5. The highest BCUT2D eigenvalue weighted by Crippen LogP contribution is 2.20. The van der Waals surface area contributed by atoms with Gasteiger partial charge in [-0.2, -0.15) is 4.31 Å². The fourth-order valence-corrected chi connectivity index (χ4v) is 4.93. The van der Waals surface area contributed by atoms with Crippen LogP contribution in [0.5, 0.6) is 0 Å². The van der Waals surface area contributed by atoms with Crippen LogP contribution in [-0.4, -0.2) is 54.1 Å². The minimum Gasteiger partial charge on any atom is -0.352 e. The Morgan fingerprint density at radius 3 is 2.39 bits per heavy atom. The molecule has 1 aliphatic heterocycles. The number of hydrogen-bond donors (Lipinski definition) is 1. The predicted molar refractivity (Wildman–Crippen MR) is 117 cm³/mol. The number of rotatable bonds is 6. The highest BCUT2D eigenvalue weighted by Gasteiger charge is 2.28. The van der Waals surface area contributed by atoms with Crippen molar-refractivity contribution in [3.8, 4) is 0 Å². The summed E-state index contributed by atoms with van der Waals surface area (Å²) in [5, 5.41) is 11.6. The molecule has 8 nitrogen and oxygen atoms in total. The molecule has 0 unspecified atom stereocenters. The van der Waals surface area contributed by atoms with Crippen LogP contribution in [0.1, 0.15) is 11.3 Å². The first kappa shape index (κ1) is 21.1. The first-order valence-electron chi connectivity index (χ1n) is 9.91. The van der Waals surface area contributed by atoms with Crippen LogP contribution in [0.2, 0.25) is 0 Å². The topological polar surface area (TPSA) is 91.3 Å². The third kappa shape index (κ3) is 5.15. The minimum atomic E-state index is -3.60. The Morgan fingerprint density at radius 2 is 1.71 bits per heavy atom. The molecule has 1 aliphatic rings. The zero-order chi connectivity index (χ0) is 21.8. The van der Waals surface area contributed by atoms with Crippen LogP contribution in [0.3, 0.4) is 0 Å². The van der Waals surface area contributed by atoms with Gasteiger partial charge in [0.2, 0.25) is 10.0 Å². The van der Waals surface area contributed by atoms with E-state index in [-0.39, 0.29) is 11.3 Å². The third-order valence-electron chi connectivity index (χ3n) is 5.05. The summed E-state index contributed by atoms with van der Waals surface area (Å²) in [5.41, 5.74) is 1.08. The number of hydrogen-bond acceptors (Lipinski definition) is 7. The summed E-state index contributed by atoms with van der Waals surface area (Å²) in [5.74, 6) is 1.10. The van der Waals surface area contributed by atoms with E-state index in [1.165, 1.54) is 16.4 Å². The van der Waals surface area contributed by atoms with E-state index in [0.29, 0.717) is 43.6 Å². The van der Waals surface area contributed by atoms with Crippen molar-refractivity contribution in [2.45, 2.75) is 12.7 Å². The molecule has 10 heteroatoms. The molecule has 0 atom stereocenters. The van der Waals surface area contributed by atoms with Crippen LogP contribution in [0.25, 0.3) is 0 Å². The molecule has 31 heavy (non-hydrogen) atoms. The molecule has 0 amide bonds. The second kappa shape index (κ2) is 8.94. The lowest BCUT2D eigenvalue weighted by molar-refractivity contribution is 0.382. The van der Waals surface area contributed by atoms with Crippen LogP contribution in [0.4, 0.5) is 21.8 Å². The molecule has 162 valence electrons. The molecule has 1 fully saturated rings. The quantitative estimate of drug-likeness (QED) is 0.628. The fourth-order valence-electron chi connectivity index (χ4n) is 3.40. The maximum absolute atomic E-state index is 13.8. The molecule has 0 aliphatic carbocycles. The van der Waals surface area contributed by atoms with Crippen molar-refractivity contribution in [1.82, 2.24) is 19.5 Å². The minimum absolute atomic E-state index is 0.182. The van der Waals surface area contributed by atoms with E-state index >= 15 is 0 Å². The first-order chi connectivity index (χ1) is 14.9. The molecule has 0 saturated carbocycles. The number of halogens is 1. The molecular formula is C21H23FN6O2S. The molecule has 2 aromatic heterocycles. The van der Waals surface area contributed by atoms with Crippen molar-refractivity contribution < 1.29 is 12.8 Å². The summed E-state index contributed by atoms with van der Waals surface area (Å²) in [6, 6.07) is 15.3. The van der Waals surface area contributed by atoms with Gasteiger partial charge in [-0.25, -0.2) is 17.8 Å². The molecule has 3 heterocycles. The Kier molecular flexibility index (Phi) is 6.10. The number of aryl methyl sites for hydroxylation is 1. The van der Waals surface area contributed by atoms with Gasteiger partial charge in [0.1, 0.15) is 11.6 Å². The summed E-state index contributed by atoms with van der Waals surface area (Å²) in [7, 11) is -3.60. The SMILES string of the molecule is Cc1cccc(Nc2ccc(N3CCN(S(=O)(=O)Cc4ccccc4F)CC3)nn2)n1. The van der Waals surface area contributed by atoms with Gasteiger partial charge in [-0.1, -0.05) is 24.3 Å². The highest BCUT2D eigenvalue weighted by atomic mass is 32.2. The molecule has 1 aromatic carbocycles. The molecule has 1 saturated heterocycles. The van der Waals surface area contributed by atoms with Crippen LogP contribution in [0.15, 0.2) is 54.6 Å². The highest BCUT2D eigenvalue weighted by molar-refractivity contribution is 7.88. The van der Waals surface area contributed by atoms with Gasteiger partial charge in [0.15, 0.2) is 11.6 Å². The third-order valence-corrected chi connectivity index (χ3v) is 6.87. The number of pyridine rings is 1. The van der Waals surface area contributed by atoms with Gasteiger partial charge in [-0.15, -0.1) is 10.2 Å². The second-order valence-electron chi connectivity index (χ2n) is 7.30. The van der Waals surface area contributed by atoms with Gasteiger partial charge >= 0.3 is 0 Å². The largest absolute Gasteiger partial charge is 0.352 e. The standard InChI is InChI=1S/C21H23FN6O2S/c1-16-5-4-8-19(23-16)24-20-9-10-21(26-25-20)27-11-13-28(14-12-27)31(29,30)15-17-6-2-3-7-18(17)22/h2-10H,11-15H2,1H3,(H,23,24,25). The van der Waals surface area contributed by atoms with Gasteiger partial charge in [0.25, 0.3) is 0 Å². The molecule has 0 radical (unpaired) electrons. The number of anilines is 3. The number of piperazine rings is 1. The summed E-state index contributed by atoms with van der Waals surface area (Å²) in [6.07, 6.45) is 0. The summed E-state index contributed by atoms with van der Waals surface area (Å²) in [4.78, 5) is 6.36. The van der Waals surface area contributed by atoms with E-state index in [4.69, 9.17) is 0 Å². The Hall–Kier alpha value is -3.11. The van der Waals surface area contributed by atoms with E-state index in [1.807, 2.05) is 42.2 Å². The smallest absolute Gasteiger partial charge is 0.218 e. The molecule has 1 N–H and O–H groups in total. The van der Waals surface area contributed by atoms with Gasteiger partial charge in [-0.05, 0) is 37.3 Å². The normalized spacial score (nSPS) is 15.1. The summed E-state index contributed by atoms with van der Waals surface area (Å²) in [6.45, 7) is 3.50. The van der Waals surface area contributed by atoms with Crippen molar-refractivity contribution in [3.05, 3.63) is 71.7 Å². The van der Waals surface area contributed by atoms with Crippen molar-refractivity contribution in [2.75, 3.05) is 36.4 Å². The lowest BCUT2D eigenvalue weighted by atomic mass is 10.2. The Labute approximate surface area is 180 Å². The lowest BCUT2D eigenvalue weighted by Gasteiger charge is -2.34. The van der Waals surface area contributed by atoms with Crippen LogP contribution < -0.4 is 10.2 Å². The number of benzene rings is 1. The predicted octanol–water partition coefficient (Wildman–Crippen LogP) is 2.71. The monoisotopic (exact) mass is 442 g/mol. The van der Waals surface area contributed by atoms with Crippen molar-refractivity contribution >= 4 is 27.5 Å². The molecule has 3 aromatic rings. The zero-order valence-electron chi connectivity index (χ0n) is 17.1. The van der Waals surface area contributed by atoms with E-state index in [0.717, 1.165) is 5.69 Å². The van der Waals surface area contributed by atoms with Gasteiger partial charge in [0.05, 0.1) is 5.75 Å². The van der Waals surface area contributed by atoms with Crippen LogP contribution in [-0.2, 0) is 15.8 Å². The Bertz CT molecular complexity index is 1150. The number of aromatic nitrogens is 3. The Morgan fingerprint density at radius 1 is 0.935 bits per heavy atom. The molecule has 0 spiro atoms. The first-order valence-corrected chi connectivity index (χ1v) is 11.5. The summed E-state index contributed by atoms with van der Waals surface area (Å²) < 4.78 is 40.6. The average molecular weight is 443 g/mol. The van der Waals surface area contributed by atoms with Crippen molar-refractivity contribution in [1.29, 1.82) is 0 Å². The van der Waals surface area contributed by atoms with E-state index in [9.17, 15) is 12.8 Å². The Balaban J connectivity index is 1.35. The van der Waals surface area contributed by atoms with Crippen LogP contribution >= 0.6 is 0 Å². The van der Waals surface area contributed by atoms with E-state index in [2.05, 4.69) is 20.5 Å². The van der Waals surface area contributed by atoms with Crippen molar-refractivity contribution in [2.24, 2.45) is 0 Å². The average Bonchev–Trinajstić information content (AvgIpc) is 2.76. The molecular weight excluding hydrogens is 419 g/mol. The molecule has 4 rings (SSSR count). The number of sulfonamides is 1. The fraction of sp³-hybridized carbons (Fsp3) is 0.286. The van der Waals surface area contributed by atoms with Gasteiger partial charge in [-0.3, -0.25) is 0 Å². The lowest BCUT2D eigenvalue weighted by Crippen LogP contribution is -2.49. The van der Waals surface area contributed by atoms with E-state index < -0.39 is 15.8 Å². The maximum Gasteiger partial charge on any atom is 0.218 e. The zero-order valence-corrected chi connectivity index (χ0v) is 17.9. The van der Waals surface area contributed by atoms with Gasteiger partial charge in [0, 0.05) is 37.4 Å². The molecule has 0 bridgehead atoms. The second-order valence-corrected chi connectivity index (χ2v) is 9.27. The van der Waals surface area contributed by atoms with Crippen molar-refractivity contribution in [3.63, 3.8) is 0 Å². The van der Waals surface area contributed by atoms with E-state index in [1.54, 1.807) is 12.1 Å². The number of nitrogens with one attached hydrogen (secondary N) is 1. The summed E-state index contributed by atoms with van der Waals surface area (Å²) >= 11 is 0.